The van der Waals surface area contributed by atoms with Crippen LogP contribution in [0, 0.1) is 0 Å². The van der Waals surface area contributed by atoms with Gasteiger partial charge < -0.3 is 25.1 Å². The third kappa shape index (κ3) is 6.49. The van der Waals surface area contributed by atoms with Crippen molar-refractivity contribution in [2.75, 3.05) is 7.05 Å². The fourth-order valence-corrected chi connectivity index (χ4v) is 5.16. The van der Waals surface area contributed by atoms with Gasteiger partial charge in [-0.05, 0) is 40.2 Å². The number of aliphatic hydroxyl groups excluding tert-OH is 2. The van der Waals surface area contributed by atoms with Gasteiger partial charge in [0.1, 0.15) is 5.37 Å². The van der Waals surface area contributed by atoms with Crippen LogP contribution in [-0.2, 0) is 4.79 Å². The molecule has 1 saturated heterocycles. The van der Waals surface area contributed by atoms with Gasteiger partial charge in [0.05, 0.1) is 24.7 Å². The van der Waals surface area contributed by atoms with Gasteiger partial charge in [0.15, 0.2) is 0 Å². The SMILES string of the molecule is CN(C(=O)N1C(c2ccccc2)SC(C)(C)[C@@H]1/C=C/[C@@H](O)C[C@@H](O)CC(=O)O)C(C)(C)C. The van der Waals surface area contributed by atoms with E-state index >= 15 is 0 Å². The third-order valence-corrected chi connectivity index (χ3v) is 7.29. The zero-order valence-corrected chi connectivity index (χ0v) is 20.5. The van der Waals surface area contributed by atoms with Crippen molar-refractivity contribution in [1.29, 1.82) is 0 Å². The molecule has 1 aromatic carbocycles. The topological polar surface area (TPSA) is 101 Å². The number of carboxylic acid groups (broad SMARTS) is 1. The van der Waals surface area contributed by atoms with Crippen LogP contribution in [0.3, 0.4) is 0 Å². The highest BCUT2D eigenvalue weighted by Crippen LogP contribution is 2.53. The fraction of sp³-hybridized carbons (Fsp3) is 0.583. The number of carbonyl (C=O) groups excluding carboxylic acids is 1. The number of amides is 2. The summed E-state index contributed by atoms with van der Waals surface area (Å²) in [5.74, 6) is -1.12. The zero-order chi connectivity index (χ0) is 24.3. The maximum Gasteiger partial charge on any atom is 0.321 e. The van der Waals surface area contributed by atoms with E-state index in [0.717, 1.165) is 5.56 Å². The molecule has 4 atom stereocenters. The molecule has 3 N–H and O–H groups in total. The van der Waals surface area contributed by atoms with Crippen molar-refractivity contribution >= 4 is 23.8 Å². The summed E-state index contributed by atoms with van der Waals surface area (Å²) in [6, 6.07) is 9.44. The number of urea groups is 1. The van der Waals surface area contributed by atoms with Gasteiger partial charge in [-0.25, -0.2) is 4.79 Å². The van der Waals surface area contributed by atoms with Crippen molar-refractivity contribution in [3.63, 3.8) is 0 Å². The van der Waals surface area contributed by atoms with Gasteiger partial charge >= 0.3 is 12.0 Å². The van der Waals surface area contributed by atoms with Gasteiger partial charge in [-0.15, -0.1) is 11.8 Å². The van der Waals surface area contributed by atoms with Gasteiger partial charge in [-0.1, -0.05) is 42.5 Å². The van der Waals surface area contributed by atoms with Crippen molar-refractivity contribution in [3.05, 3.63) is 48.0 Å². The first-order chi connectivity index (χ1) is 14.7. The molecule has 0 saturated carbocycles. The molecule has 1 aromatic rings. The maximum absolute atomic E-state index is 13.7. The molecule has 2 amide bonds. The van der Waals surface area contributed by atoms with E-state index in [1.807, 2.05) is 62.1 Å². The molecule has 0 bridgehead atoms. The van der Waals surface area contributed by atoms with Crippen molar-refractivity contribution in [1.82, 2.24) is 9.80 Å². The lowest BCUT2D eigenvalue weighted by molar-refractivity contribution is -0.139. The second kappa shape index (κ2) is 10.3. The number of thioether (sulfide) groups is 1. The Balaban J connectivity index is 2.36. The predicted octanol–water partition coefficient (Wildman–Crippen LogP) is 3.87. The molecule has 1 fully saturated rings. The molecule has 8 heteroatoms. The Morgan fingerprint density at radius 1 is 1.22 bits per heavy atom. The number of nitrogens with zero attached hydrogens (tertiary/aromatic N) is 2. The Labute approximate surface area is 195 Å². The average Bonchev–Trinajstić information content (AvgIpc) is 2.94. The molecule has 1 unspecified atom stereocenters. The van der Waals surface area contributed by atoms with E-state index in [9.17, 15) is 19.8 Å². The molecule has 178 valence electrons. The summed E-state index contributed by atoms with van der Waals surface area (Å²) in [7, 11) is 1.79. The number of rotatable bonds is 7. The molecule has 0 spiro atoms. The summed E-state index contributed by atoms with van der Waals surface area (Å²) in [5.41, 5.74) is 0.652. The van der Waals surface area contributed by atoms with Crippen LogP contribution in [0.2, 0.25) is 0 Å². The molecule has 0 radical (unpaired) electrons. The summed E-state index contributed by atoms with van der Waals surface area (Å²) in [6.07, 6.45) is 0.706. The standard InChI is InChI=1S/C24H36N2O5S/c1-23(2,3)25(6)22(31)26-19(13-12-17(27)14-18(28)15-20(29)30)24(4,5)32-21(26)16-10-8-7-9-11-16/h7-13,17-19,21,27-28H,14-15H2,1-6H3,(H,29,30)/b13-12+/t17-,18-,19+,21?/m1/s1. The van der Waals surface area contributed by atoms with E-state index in [4.69, 9.17) is 5.11 Å². The van der Waals surface area contributed by atoms with Gasteiger partial charge in [0, 0.05) is 23.8 Å². The predicted molar refractivity (Wildman–Crippen MR) is 127 cm³/mol. The van der Waals surface area contributed by atoms with Gasteiger partial charge in [-0.2, -0.15) is 0 Å². The third-order valence-electron chi connectivity index (χ3n) is 5.72. The number of carboxylic acids is 1. The second-order valence-corrected chi connectivity index (χ2v) is 11.5. The molecule has 1 heterocycles. The minimum absolute atomic E-state index is 0.0823. The number of aliphatic hydroxyl groups is 2. The van der Waals surface area contributed by atoms with Gasteiger partial charge in [0.2, 0.25) is 0 Å². The van der Waals surface area contributed by atoms with Crippen molar-refractivity contribution in [2.24, 2.45) is 0 Å². The molecule has 32 heavy (non-hydrogen) atoms. The van der Waals surface area contributed by atoms with Gasteiger partial charge in [-0.3, -0.25) is 4.79 Å². The Kier molecular flexibility index (Phi) is 8.42. The Morgan fingerprint density at radius 2 is 1.81 bits per heavy atom. The number of benzene rings is 1. The van der Waals surface area contributed by atoms with E-state index in [1.165, 1.54) is 0 Å². The van der Waals surface area contributed by atoms with Crippen molar-refractivity contribution in [3.8, 4) is 0 Å². The van der Waals surface area contributed by atoms with E-state index in [-0.39, 0.29) is 34.2 Å². The molecule has 7 nitrogen and oxygen atoms in total. The van der Waals surface area contributed by atoms with Gasteiger partial charge in [0.25, 0.3) is 0 Å². The molecular formula is C24H36N2O5S. The first-order valence-electron chi connectivity index (χ1n) is 10.8. The number of hydrogen-bond acceptors (Lipinski definition) is 5. The van der Waals surface area contributed by atoms with E-state index in [2.05, 4.69) is 13.8 Å². The number of carbonyl (C=O) groups is 2. The quantitative estimate of drug-likeness (QED) is 0.530. The van der Waals surface area contributed by atoms with Crippen LogP contribution in [-0.4, -0.2) is 72.7 Å². The highest BCUT2D eigenvalue weighted by Gasteiger charge is 2.50. The highest BCUT2D eigenvalue weighted by atomic mass is 32.2. The van der Waals surface area contributed by atoms with Crippen LogP contribution in [0.4, 0.5) is 4.79 Å². The summed E-state index contributed by atoms with van der Waals surface area (Å²) in [4.78, 5) is 28.0. The lowest BCUT2D eigenvalue weighted by Crippen LogP contribution is -2.53. The lowest BCUT2D eigenvalue weighted by Gasteiger charge is -2.39. The number of aliphatic carboxylic acids is 1. The summed E-state index contributed by atoms with van der Waals surface area (Å²) >= 11 is 1.69. The van der Waals surface area contributed by atoms with Crippen LogP contribution in [0.5, 0.6) is 0 Å². The van der Waals surface area contributed by atoms with Crippen LogP contribution >= 0.6 is 11.8 Å². The van der Waals surface area contributed by atoms with Crippen molar-refractivity contribution in [2.45, 2.75) is 81.4 Å². The zero-order valence-electron chi connectivity index (χ0n) is 19.7. The highest BCUT2D eigenvalue weighted by molar-refractivity contribution is 8.01. The van der Waals surface area contributed by atoms with Crippen LogP contribution in [0.25, 0.3) is 0 Å². The van der Waals surface area contributed by atoms with Crippen LogP contribution < -0.4 is 0 Å². The second-order valence-electron chi connectivity index (χ2n) is 9.79. The van der Waals surface area contributed by atoms with E-state index < -0.39 is 24.6 Å². The first kappa shape index (κ1) is 26.2. The molecule has 2 rings (SSSR count). The average molecular weight is 465 g/mol. The normalized spacial score (nSPS) is 22.7. The molecule has 1 aliphatic heterocycles. The Hall–Kier alpha value is -2.03. The van der Waals surface area contributed by atoms with E-state index in [1.54, 1.807) is 29.8 Å². The Morgan fingerprint density at radius 3 is 2.34 bits per heavy atom. The molecular weight excluding hydrogens is 428 g/mol. The summed E-state index contributed by atoms with van der Waals surface area (Å²) in [5, 5.41) is 28.8. The molecule has 1 aliphatic rings. The smallest absolute Gasteiger partial charge is 0.321 e. The lowest BCUT2D eigenvalue weighted by atomic mass is 9.98. The summed E-state index contributed by atoms with van der Waals surface area (Å²) in [6.45, 7) is 10.1. The van der Waals surface area contributed by atoms with Crippen molar-refractivity contribution < 1.29 is 24.9 Å². The minimum atomic E-state index is -1.14. The molecule has 0 aliphatic carbocycles. The van der Waals surface area contributed by atoms with Crippen LogP contribution in [0.15, 0.2) is 42.5 Å². The van der Waals surface area contributed by atoms with E-state index in [0.29, 0.717) is 0 Å². The monoisotopic (exact) mass is 464 g/mol. The fourth-order valence-electron chi connectivity index (χ4n) is 3.62. The number of hydrogen-bond donors (Lipinski definition) is 3. The maximum atomic E-state index is 13.7. The molecule has 0 aromatic heterocycles. The first-order valence-corrected chi connectivity index (χ1v) is 11.7. The summed E-state index contributed by atoms with van der Waals surface area (Å²) < 4.78 is -0.342. The Bertz CT molecular complexity index is 821. The van der Waals surface area contributed by atoms with Crippen LogP contribution in [0.1, 0.15) is 58.4 Å². The largest absolute Gasteiger partial charge is 0.481 e. The minimum Gasteiger partial charge on any atom is -0.481 e.